The van der Waals surface area contributed by atoms with Crippen molar-refractivity contribution in [3.05, 3.63) is 57.6 Å². The number of non-ortho nitro benzene ring substituents is 1. The van der Waals surface area contributed by atoms with Gasteiger partial charge in [-0.1, -0.05) is 6.07 Å². The first kappa shape index (κ1) is 21.4. The minimum atomic E-state index is -0.812. The Labute approximate surface area is 183 Å². The fraction of sp³-hybridized carbons (Fsp3) is 0.333. The van der Waals surface area contributed by atoms with Gasteiger partial charge in [0.05, 0.1) is 29.4 Å². The summed E-state index contributed by atoms with van der Waals surface area (Å²) in [4.78, 5) is 37.3. The van der Waals surface area contributed by atoms with Crippen molar-refractivity contribution >= 4 is 23.3 Å². The molecule has 0 spiro atoms. The zero-order valence-electron chi connectivity index (χ0n) is 17.1. The number of ether oxygens (including phenoxy) is 4. The Kier molecular flexibility index (Phi) is 6.36. The van der Waals surface area contributed by atoms with Gasteiger partial charge in [-0.25, -0.2) is 4.79 Å². The van der Waals surface area contributed by atoms with Crippen LogP contribution >= 0.6 is 0 Å². The Morgan fingerprint density at radius 1 is 1.09 bits per heavy atom. The van der Waals surface area contributed by atoms with Gasteiger partial charge in [-0.2, -0.15) is 0 Å². The van der Waals surface area contributed by atoms with Crippen molar-refractivity contribution in [2.24, 2.45) is 0 Å². The summed E-state index contributed by atoms with van der Waals surface area (Å²) >= 11 is 0. The van der Waals surface area contributed by atoms with Crippen LogP contribution in [-0.4, -0.2) is 56.5 Å². The highest BCUT2D eigenvalue weighted by Crippen LogP contribution is 2.32. The first-order valence-electron chi connectivity index (χ1n) is 9.95. The number of morpholine rings is 1. The van der Waals surface area contributed by atoms with Crippen molar-refractivity contribution in [2.45, 2.75) is 6.54 Å². The number of hydrogen-bond acceptors (Lipinski definition) is 9. The van der Waals surface area contributed by atoms with Crippen molar-refractivity contribution in [3.63, 3.8) is 0 Å². The van der Waals surface area contributed by atoms with Gasteiger partial charge in [-0.15, -0.1) is 0 Å². The second-order valence-electron chi connectivity index (χ2n) is 7.10. The van der Waals surface area contributed by atoms with Crippen LogP contribution in [0.5, 0.6) is 11.5 Å². The molecule has 2 aliphatic rings. The minimum Gasteiger partial charge on any atom is -0.454 e. The molecule has 2 aromatic rings. The van der Waals surface area contributed by atoms with Crippen LogP contribution in [0, 0.1) is 10.1 Å². The van der Waals surface area contributed by atoms with E-state index in [2.05, 4.69) is 5.32 Å². The number of esters is 1. The summed E-state index contributed by atoms with van der Waals surface area (Å²) in [5.41, 5.74) is 1.10. The molecule has 2 aliphatic heterocycles. The van der Waals surface area contributed by atoms with Gasteiger partial charge in [-0.3, -0.25) is 14.9 Å². The molecule has 0 saturated carbocycles. The number of nitro groups is 1. The number of hydrogen-bond donors (Lipinski definition) is 1. The third kappa shape index (κ3) is 4.89. The lowest BCUT2D eigenvalue weighted by molar-refractivity contribution is -0.384. The molecule has 11 heteroatoms. The van der Waals surface area contributed by atoms with Gasteiger partial charge in [0.15, 0.2) is 18.1 Å². The monoisotopic (exact) mass is 443 g/mol. The number of carbonyl (C=O) groups excluding carboxylic acids is 2. The molecule has 0 unspecified atom stereocenters. The fourth-order valence-corrected chi connectivity index (χ4v) is 3.39. The number of fused-ring (bicyclic) bond motifs is 1. The van der Waals surface area contributed by atoms with Crippen LogP contribution in [0.25, 0.3) is 0 Å². The molecule has 0 atom stereocenters. The summed E-state index contributed by atoms with van der Waals surface area (Å²) in [5.74, 6) is -0.0747. The largest absolute Gasteiger partial charge is 0.454 e. The number of benzene rings is 2. The smallest absolute Gasteiger partial charge is 0.341 e. The highest BCUT2D eigenvalue weighted by Gasteiger charge is 2.23. The average molecular weight is 443 g/mol. The van der Waals surface area contributed by atoms with E-state index in [1.807, 2.05) is 4.90 Å². The van der Waals surface area contributed by atoms with Gasteiger partial charge in [0.1, 0.15) is 0 Å². The summed E-state index contributed by atoms with van der Waals surface area (Å²) < 4.78 is 21.0. The van der Waals surface area contributed by atoms with Crippen LogP contribution in [0.2, 0.25) is 0 Å². The Bertz CT molecular complexity index is 1040. The Hall–Kier alpha value is -3.86. The fourth-order valence-electron chi connectivity index (χ4n) is 3.39. The van der Waals surface area contributed by atoms with E-state index in [1.54, 1.807) is 18.2 Å². The number of carbonyl (C=O) groups is 2. The first-order valence-corrected chi connectivity index (χ1v) is 9.95. The molecule has 0 radical (unpaired) electrons. The normalized spacial score (nSPS) is 14.7. The molecule has 1 amide bonds. The van der Waals surface area contributed by atoms with Crippen LogP contribution in [0.1, 0.15) is 15.9 Å². The van der Waals surface area contributed by atoms with Crippen molar-refractivity contribution in [1.82, 2.24) is 5.32 Å². The quantitative estimate of drug-likeness (QED) is 0.385. The van der Waals surface area contributed by atoms with Crippen LogP contribution in [0.3, 0.4) is 0 Å². The maximum atomic E-state index is 12.7. The molecule has 1 saturated heterocycles. The van der Waals surface area contributed by atoms with E-state index < -0.39 is 23.4 Å². The number of nitro benzene ring substituents is 1. The topological polar surface area (TPSA) is 129 Å². The van der Waals surface area contributed by atoms with E-state index in [9.17, 15) is 19.7 Å². The van der Waals surface area contributed by atoms with Gasteiger partial charge in [-0.05, 0) is 23.8 Å². The number of anilines is 1. The molecular weight excluding hydrogens is 422 g/mol. The van der Waals surface area contributed by atoms with E-state index in [4.69, 9.17) is 18.9 Å². The standard InChI is InChI=1S/C21H21N3O8/c25-20(22-11-14-1-4-18-19(9-14)32-13-31-18)12-30-21(26)16-10-15(24(27)28)2-3-17(16)23-5-7-29-8-6-23/h1-4,9-10H,5-8,11-13H2,(H,22,25). The van der Waals surface area contributed by atoms with Crippen LogP contribution in [-0.2, 0) is 20.8 Å². The van der Waals surface area contributed by atoms with Crippen LogP contribution < -0.4 is 19.7 Å². The predicted octanol–water partition coefficient (Wildman–Crippen LogP) is 1.63. The second-order valence-corrected chi connectivity index (χ2v) is 7.10. The molecule has 0 aromatic heterocycles. The van der Waals surface area contributed by atoms with Gasteiger partial charge in [0.2, 0.25) is 6.79 Å². The number of rotatable bonds is 7. The lowest BCUT2D eigenvalue weighted by Crippen LogP contribution is -2.37. The van der Waals surface area contributed by atoms with Gasteiger partial charge >= 0.3 is 5.97 Å². The summed E-state index contributed by atoms with van der Waals surface area (Å²) in [6.45, 7) is 1.88. The van der Waals surface area contributed by atoms with Crippen molar-refractivity contribution in [2.75, 3.05) is 44.6 Å². The molecular formula is C21H21N3O8. The molecule has 2 heterocycles. The lowest BCUT2D eigenvalue weighted by Gasteiger charge is -2.30. The molecule has 0 aliphatic carbocycles. The zero-order chi connectivity index (χ0) is 22.5. The highest BCUT2D eigenvalue weighted by atomic mass is 16.7. The third-order valence-electron chi connectivity index (χ3n) is 5.02. The van der Waals surface area contributed by atoms with Gasteiger partial charge in [0, 0.05) is 31.8 Å². The van der Waals surface area contributed by atoms with Crippen molar-refractivity contribution in [3.8, 4) is 11.5 Å². The molecule has 168 valence electrons. The van der Waals surface area contributed by atoms with Gasteiger partial charge in [0.25, 0.3) is 11.6 Å². The van der Waals surface area contributed by atoms with E-state index in [1.165, 1.54) is 12.1 Å². The molecule has 4 rings (SSSR count). The number of nitrogens with one attached hydrogen (secondary N) is 1. The summed E-state index contributed by atoms with van der Waals surface area (Å²) in [7, 11) is 0. The van der Waals surface area contributed by atoms with E-state index in [-0.39, 0.29) is 24.6 Å². The van der Waals surface area contributed by atoms with Gasteiger partial charge < -0.3 is 29.2 Å². The highest BCUT2D eigenvalue weighted by molar-refractivity contribution is 5.97. The summed E-state index contributed by atoms with van der Waals surface area (Å²) in [5, 5.41) is 13.8. The maximum absolute atomic E-state index is 12.7. The molecule has 32 heavy (non-hydrogen) atoms. The number of amides is 1. The number of nitrogens with zero attached hydrogens (tertiary/aromatic N) is 2. The molecule has 0 bridgehead atoms. The molecule has 11 nitrogen and oxygen atoms in total. The predicted molar refractivity (Wildman–Crippen MR) is 111 cm³/mol. The molecule has 1 fully saturated rings. The zero-order valence-corrected chi connectivity index (χ0v) is 17.1. The third-order valence-corrected chi connectivity index (χ3v) is 5.02. The Balaban J connectivity index is 1.37. The Morgan fingerprint density at radius 2 is 1.88 bits per heavy atom. The molecule has 2 aromatic carbocycles. The molecule has 1 N–H and O–H groups in total. The second kappa shape index (κ2) is 9.52. The van der Waals surface area contributed by atoms with Crippen molar-refractivity contribution < 1.29 is 33.5 Å². The van der Waals surface area contributed by atoms with E-state index >= 15 is 0 Å². The lowest BCUT2D eigenvalue weighted by atomic mass is 10.1. The first-order chi connectivity index (χ1) is 15.5. The SMILES string of the molecule is O=C(COC(=O)c1cc([N+](=O)[O-])ccc1N1CCOCC1)NCc1ccc2c(c1)OCO2. The van der Waals surface area contributed by atoms with E-state index in [0.717, 1.165) is 11.6 Å². The Morgan fingerprint density at radius 3 is 2.66 bits per heavy atom. The summed E-state index contributed by atoms with van der Waals surface area (Å²) in [6.07, 6.45) is 0. The average Bonchev–Trinajstić information content (AvgIpc) is 3.29. The van der Waals surface area contributed by atoms with Crippen molar-refractivity contribution in [1.29, 1.82) is 0 Å². The summed E-state index contributed by atoms with van der Waals surface area (Å²) in [6, 6.07) is 9.31. The van der Waals surface area contributed by atoms with E-state index in [0.29, 0.717) is 43.5 Å². The van der Waals surface area contributed by atoms with Crippen LogP contribution in [0.15, 0.2) is 36.4 Å². The maximum Gasteiger partial charge on any atom is 0.341 e. The minimum absolute atomic E-state index is 0.0321. The van der Waals surface area contributed by atoms with Crippen LogP contribution in [0.4, 0.5) is 11.4 Å².